The first-order valence-corrected chi connectivity index (χ1v) is 3.06. The average Bonchev–Trinajstić information content (AvgIpc) is 1.67. The predicted molar refractivity (Wildman–Crippen MR) is 36.6 cm³/mol. The molecule has 0 aliphatic rings. The summed E-state index contributed by atoms with van der Waals surface area (Å²) >= 11 is 0. The highest BCUT2D eigenvalue weighted by Crippen LogP contribution is 1.86. The first-order chi connectivity index (χ1) is 3.68. The molecular formula is C6H16N2. The van der Waals surface area contributed by atoms with Gasteiger partial charge in [0, 0.05) is 27.7 Å². The predicted octanol–water partition coefficient (Wildman–Crippen LogP) is 0.805. The molecule has 2 heteroatoms. The maximum absolute atomic E-state index is 2.18. The van der Waals surface area contributed by atoms with Gasteiger partial charge in [0.2, 0.25) is 0 Å². The van der Waals surface area contributed by atoms with Crippen molar-refractivity contribution in [3.8, 4) is 0 Å². The molecule has 0 aromatic carbocycles. The highest BCUT2D eigenvalue weighted by Gasteiger charge is 1.94. The van der Waals surface area contributed by atoms with Gasteiger partial charge in [-0.05, 0) is 6.42 Å². The fraction of sp³-hybridized carbons (Fsp3) is 1.00. The van der Waals surface area contributed by atoms with Gasteiger partial charge in [-0.25, -0.2) is 10.0 Å². The van der Waals surface area contributed by atoms with Gasteiger partial charge in [0.1, 0.15) is 0 Å². The third-order valence-electron chi connectivity index (χ3n) is 1.23. The molecule has 0 unspecified atom stereocenters. The van der Waals surface area contributed by atoms with Crippen molar-refractivity contribution in [2.24, 2.45) is 0 Å². The average molecular weight is 116 g/mol. The van der Waals surface area contributed by atoms with Gasteiger partial charge < -0.3 is 0 Å². The molecule has 0 aromatic rings. The zero-order valence-corrected chi connectivity index (χ0v) is 6.31. The van der Waals surface area contributed by atoms with E-state index < -0.39 is 0 Å². The van der Waals surface area contributed by atoms with Crippen molar-refractivity contribution in [3.63, 3.8) is 0 Å². The van der Waals surface area contributed by atoms with Crippen LogP contribution in [0.5, 0.6) is 0 Å². The molecule has 0 heterocycles. The lowest BCUT2D eigenvalue weighted by atomic mass is 10.5. The van der Waals surface area contributed by atoms with Gasteiger partial charge in [-0.3, -0.25) is 0 Å². The fourth-order valence-electron chi connectivity index (χ4n) is 0.524. The molecule has 0 atom stereocenters. The van der Waals surface area contributed by atoms with Gasteiger partial charge in [0.15, 0.2) is 0 Å². The van der Waals surface area contributed by atoms with Crippen molar-refractivity contribution in [1.29, 1.82) is 0 Å². The van der Waals surface area contributed by atoms with E-state index in [1.165, 1.54) is 6.42 Å². The Morgan fingerprint density at radius 1 is 1.12 bits per heavy atom. The SMILES string of the molecule is CCCN(C)N(C)C. The highest BCUT2D eigenvalue weighted by atomic mass is 15.6. The van der Waals surface area contributed by atoms with Gasteiger partial charge in [0.25, 0.3) is 0 Å². The Morgan fingerprint density at radius 2 is 1.62 bits per heavy atom. The lowest BCUT2D eigenvalue weighted by molar-refractivity contribution is 0.0565. The zero-order valence-electron chi connectivity index (χ0n) is 6.31. The van der Waals surface area contributed by atoms with Crippen LogP contribution in [0.4, 0.5) is 0 Å². The molecule has 0 N–H and O–H groups in total. The second-order valence-corrected chi connectivity index (χ2v) is 2.23. The zero-order chi connectivity index (χ0) is 6.57. The summed E-state index contributed by atoms with van der Waals surface area (Å²) in [6.07, 6.45) is 1.22. The van der Waals surface area contributed by atoms with Crippen LogP contribution >= 0.6 is 0 Å². The molecule has 0 fully saturated rings. The van der Waals surface area contributed by atoms with Crippen LogP contribution in [0.3, 0.4) is 0 Å². The van der Waals surface area contributed by atoms with Crippen molar-refractivity contribution in [2.45, 2.75) is 13.3 Å². The van der Waals surface area contributed by atoms with Crippen LogP contribution in [0.1, 0.15) is 13.3 Å². The van der Waals surface area contributed by atoms with Crippen LogP contribution in [0.15, 0.2) is 0 Å². The maximum atomic E-state index is 2.18. The molecule has 0 aliphatic heterocycles. The fourth-order valence-corrected chi connectivity index (χ4v) is 0.524. The minimum Gasteiger partial charge on any atom is -0.248 e. The van der Waals surface area contributed by atoms with E-state index in [1.54, 1.807) is 0 Å². The van der Waals surface area contributed by atoms with E-state index in [2.05, 4.69) is 38.1 Å². The van der Waals surface area contributed by atoms with E-state index >= 15 is 0 Å². The molecule has 0 amide bonds. The summed E-state index contributed by atoms with van der Waals surface area (Å²) < 4.78 is 0. The molecule has 50 valence electrons. The van der Waals surface area contributed by atoms with E-state index in [9.17, 15) is 0 Å². The molecule has 0 aromatic heterocycles. The number of hydrazine groups is 1. The van der Waals surface area contributed by atoms with Crippen LogP contribution < -0.4 is 0 Å². The highest BCUT2D eigenvalue weighted by molar-refractivity contribution is 4.38. The third-order valence-corrected chi connectivity index (χ3v) is 1.23. The molecule has 0 radical (unpaired) electrons. The lowest BCUT2D eigenvalue weighted by Crippen LogP contribution is -2.33. The molecule has 0 rings (SSSR count). The Kier molecular flexibility index (Phi) is 3.83. The summed E-state index contributed by atoms with van der Waals surface area (Å²) in [5, 5.41) is 4.27. The Morgan fingerprint density at radius 3 is 1.75 bits per heavy atom. The topological polar surface area (TPSA) is 6.48 Å². The molecular weight excluding hydrogens is 100 g/mol. The normalized spacial score (nSPS) is 11.2. The smallest absolute Gasteiger partial charge is 0.0127 e. The van der Waals surface area contributed by atoms with E-state index in [0.29, 0.717) is 0 Å². The first-order valence-electron chi connectivity index (χ1n) is 3.06. The summed E-state index contributed by atoms with van der Waals surface area (Å²) in [7, 11) is 6.19. The summed E-state index contributed by atoms with van der Waals surface area (Å²) in [6, 6.07) is 0. The van der Waals surface area contributed by atoms with Crippen LogP contribution in [-0.2, 0) is 0 Å². The van der Waals surface area contributed by atoms with Crippen LogP contribution in [0, 0.1) is 0 Å². The minimum atomic E-state index is 1.15. The Hall–Kier alpha value is -0.0800. The number of rotatable bonds is 3. The standard InChI is InChI=1S/C6H16N2/c1-5-6-8(4)7(2)3/h5-6H2,1-4H3. The molecule has 0 spiro atoms. The van der Waals surface area contributed by atoms with Crippen molar-refractivity contribution in [2.75, 3.05) is 27.7 Å². The van der Waals surface area contributed by atoms with Crippen molar-refractivity contribution in [1.82, 2.24) is 10.0 Å². The maximum Gasteiger partial charge on any atom is 0.0127 e. The summed E-state index contributed by atoms with van der Waals surface area (Å²) in [5.74, 6) is 0. The van der Waals surface area contributed by atoms with E-state index in [4.69, 9.17) is 0 Å². The number of hydrogen-bond acceptors (Lipinski definition) is 2. The summed E-state index contributed by atoms with van der Waals surface area (Å²) in [5.41, 5.74) is 0. The minimum absolute atomic E-state index is 1.15. The molecule has 0 aliphatic carbocycles. The largest absolute Gasteiger partial charge is 0.248 e. The Balaban J connectivity index is 3.17. The second-order valence-electron chi connectivity index (χ2n) is 2.23. The van der Waals surface area contributed by atoms with Gasteiger partial charge in [0.05, 0.1) is 0 Å². The van der Waals surface area contributed by atoms with Crippen LogP contribution in [0.2, 0.25) is 0 Å². The van der Waals surface area contributed by atoms with Crippen molar-refractivity contribution < 1.29 is 0 Å². The number of nitrogens with zero attached hydrogens (tertiary/aromatic N) is 2. The summed E-state index contributed by atoms with van der Waals surface area (Å²) in [4.78, 5) is 0. The van der Waals surface area contributed by atoms with Crippen molar-refractivity contribution >= 4 is 0 Å². The van der Waals surface area contributed by atoms with Crippen LogP contribution in [-0.4, -0.2) is 37.7 Å². The van der Waals surface area contributed by atoms with Gasteiger partial charge in [-0.2, -0.15) is 0 Å². The van der Waals surface area contributed by atoms with E-state index in [-0.39, 0.29) is 0 Å². The molecule has 2 nitrogen and oxygen atoms in total. The Bertz CT molecular complexity index is 52.5. The molecule has 8 heavy (non-hydrogen) atoms. The number of hydrogen-bond donors (Lipinski definition) is 0. The van der Waals surface area contributed by atoms with Gasteiger partial charge >= 0.3 is 0 Å². The molecule has 0 saturated heterocycles. The van der Waals surface area contributed by atoms with Gasteiger partial charge in [-0.1, -0.05) is 6.92 Å². The van der Waals surface area contributed by atoms with E-state index in [0.717, 1.165) is 6.54 Å². The summed E-state index contributed by atoms with van der Waals surface area (Å²) in [6.45, 7) is 3.33. The lowest BCUT2D eigenvalue weighted by Gasteiger charge is -2.22. The quantitative estimate of drug-likeness (QED) is 0.503. The molecule has 0 bridgehead atoms. The van der Waals surface area contributed by atoms with Crippen LogP contribution in [0.25, 0.3) is 0 Å². The Labute approximate surface area is 52.1 Å². The van der Waals surface area contributed by atoms with Gasteiger partial charge in [-0.15, -0.1) is 0 Å². The third kappa shape index (κ3) is 2.99. The molecule has 0 saturated carbocycles. The first kappa shape index (κ1) is 7.92. The monoisotopic (exact) mass is 116 g/mol. The van der Waals surface area contributed by atoms with Crippen molar-refractivity contribution in [3.05, 3.63) is 0 Å². The second kappa shape index (κ2) is 3.87. The van der Waals surface area contributed by atoms with E-state index in [1.807, 2.05) is 0 Å².